The third kappa shape index (κ3) is 5.69. The minimum absolute atomic E-state index is 0.407. The van der Waals surface area contributed by atoms with Crippen molar-refractivity contribution >= 4 is 57.4 Å². The summed E-state index contributed by atoms with van der Waals surface area (Å²) in [6.07, 6.45) is 1.80. The summed E-state index contributed by atoms with van der Waals surface area (Å²) in [5.41, 5.74) is 3.08. The first-order chi connectivity index (χ1) is 14.5. The van der Waals surface area contributed by atoms with Crippen LogP contribution >= 0.6 is 45.8 Å². The van der Waals surface area contributed by atoms with Gasteiger partial charge in [0, 0.05) is 0 Å². The van der Waals surface area contributed by atoms with Crippen LogP contribution in [0.1, 0.15) is 23.6 Å². The normalized spacial score (nSPS) is 11.1. The Balaban J connectivity index is 1.94. The Morgan fingerprint density at radius 1 is 1.03 bits per heavy atom. The summed E-state index contributed by atoms with van der Waals surface area (Å²) in [7, 11) is 0. The lowest BCUT2D eigenvalue weighted by Gasteiger charge is -2.15. The van der Waals surface area contributed by atoms with E-state index < -0.39 is 0 Å². The van der Waals surface area contributed by atoms with Gasteiger partial charge in [0.1, 0.15) is 6.61 Å². The van der Waals surface area contributed by atoms with Gasteiger partial charge < -0.3 is 9.47 Å². The number of hydrogen-bond donors (Lipinski definition) is 0. The first kappa shape index (κ1) is 22.5. The molecule has 0 heterocycles. The molecule has 0 spiro atoms. The number of benzene rings is 3. The minimum atomic E-state index is 0.407. The summed E-state index contributed by atoms with van der Waals surface area (Å²) in [6, 6.07) is 21.2. The molecule has 0 saturated heterocycles. The molecule has 3 aromatic rings. The predicted octanol–water partition coefficient (Wildman–Crippen LogP) is 7.64. The number of nitrogens with zero attached hydrogens (tertiary/aromatic N) is 1. The van der Waals surface area contributed by atoms with E-state index in [1.165, 1.54) is 0 Å². The number of ether oxygens (including phenoxy) is 2. The zero-order chi connectivity index (χ0) is 21.5. The molecule has 0 aliphatic carbocycles. The number of hydrogen-bond acceptors (Lipinski definition) is 3. The second-order valence-corrected chi connectivity index (χ2v) is 8.31. The van der Waals surface area contributed by atoms with Crippen LogP contribution in [-0.2, 0) is 6.61 Å². The van der Waals surface area contributed by atoms with Gasteiger partial charge >= 0.3 is 0 Å². The highest BCUT2D eigenvalue weighted by Gasteiger charge is 2.13. The molecule has 152 valence electrons. The fraction of sp³-hybridized carbons (Fsp3) is 0.125. The Morgan fingerprint density at radius 2 is 1.80 bits per heavy atom. The van der Waals surface area contributed by atoms with Crippen molar-refractivity contribution in [1.29, 1.82) is 5.26 Å². The molecule has 0 amide bonds. The van der Waals surface area contributed by atoms with Crippen LogP contribution in [0.15, 0.2) is 60.7 Å². The van der Waals surface area contributed by atoms with Crippen LogP contribution in [0.2, 0.25) is 10.0 Å². The standard InChI is InChI=1S/C24H18Cl2INO2/c1-2-29-23-12-17(10-19(14-28)18-8-9-20(25)21(26)13-18)11-22(27)24(23)30-15-16-6-4-3-5-7-16/h3-13H,2,15H2,1H3/b19-10-. The maximum Gasteiger partial charge on any atom is 0.175 e. The largest absolute Gasteiger partial charge is 0.490 e. The van der Waals surface area contributed by atoms with Gasteiger partial charge in [-0.15, -0.1) is 0 Å². The zero-order valence-corrected chi connectivity index (χ0v) is 19.8. The van der Waals surface area contributed by atoms with Crippen molar-refractivity contribution in [2.45, 2.75) is 13.5 Å². The lowest BCUT2D eigenvalue weighted by atomic mass is 10.0. The molecule has 0 unspecified atom stereocenters. The van der Waals surface area contributed by atoms with Gasteiger partial charge in [0.25, 0.3) is 0 Å². The van der Waals surface area contributed by atoms with Crippen LogP contribution in [0.4, 0.5) is 0 Å². The molecule has 0 atom stereocenters. The Morgan fingerprint density at radius 3 is 2.47 bits per heavy atom. The van der Waals surface area contributed by atoms with Crippen molar-refractivity contribution in [3.63, 3.8) is 0 Å². The van der Waals surface area contributed by atoms with Crippen LogP contribution < -0.4 is 9.47 Å². The number of halogens is 3. The van der Waals surface area contributed by atoms with Gasteiger partial charge in [-0.05, 0) is 76.5 Å². The predicted molar refractivity (Wildman–Crippen MR) is 131 cm³/mol. The monoisotopic (exact) mass is 549 g/mol. The lowest BCUT2D eigenvalue weighted by molar-refractivity contribution is 0.267. The topological polar surface area (TPSA) is 42.2 Å². The second kappa shape index (κ2) is 10.7. The molecule has 3 aromatic carbocycles. The van der Waals surface area contributed by atoms with E-state index in [-0.39, 0.29) is 0 Å². The van der Waals surface area contributed by atoms with Gasteiger partial charge in [0.05, 0.1) is 31.9 Å². The van der Waals surface area contributed by atoms with E-state index in [1.54, 1.807) is 24.3 Å². The quantitative estimate of drug-likeness (QED) is 0.173. The van der Waals surface area contributed by atoms with Crippen molar-refractivity contribution in [3.8, 4) is 17.6 Å². The molecule has 6 heteroatoms. The number of nitriles is 1. The van der Waals surface area contributed by atoms with Gasteiger partial charge in [0.15, 0.2) is 11.5 Å². The maximum absolute atomic E-state index is 9.66. The average molecular weight is 550 g/mol. The summed E-state index contributed by atoms with van der Waals surface area (Å²) in [5, 5.41) is 10.5. The van der Waals surface area contributed by atoms with E-state index in [0.717, 1.165) is 14.7 Å². The number of allylic oxidation sites excluding steroid dienone is 1. The number of rotatable bonds is 7. The summed E-state index contributed by atoms with van der Waals surface area (Å²) in [6.45, 7) is 2.87. The molecule has 0 N–H and O–H groups in total. The third-order valence-corrected chi connectivity index (χ3v) is 5.76. The second-order valence-electron chi connectivity index (χ2n) is 6.34. The van der Waals surface area contributed by atoms with Crippen molar-refractivity contribution in [2.24, 2.45) is 0 Å². The van der Waals surface area contributed by atoms with E-state index in [0.29, 0.717) is 45.9 Å². The van der Waals surface area contributed by atoms with Crippen molar-refractivity contribution in [3.05, 3.63) is 91.0 Å². The van der Waals surface area contributed by atoms with E-state index in [4.69, 9.17) is 32.7 Å². The molecule has 30 heavy (non-hydrogen) atoms. The van der Waals surface area contributed by atoms with E-state index in [9.17, 15) is 5.26 Å². The Bertz CT molecular complexity index is 1110. The van der Waals surface area contributed by atoms with Crippen molar-refractivity contribution < 1.29 is 9.47 Å². The highest BCUT2D eigenvalue weighted by Crippen LogP contribution is 2.36. The molecule has 0 aromatic heterocycles. The first-order valence-corrected chi connectivity index (χ1v) is 11.1. The van der Waals surface area contributed by atoms with Gasteiger partial charge in [0.2, 0.25) is 0 Å². The summed E-state index contributed by atoms with van der Waals surface area (Å²) >= 11 is 14.3. The third-order valence-electron chi connectivity index (χ3n) is 4.22. The minimum Gasteiger partial charge on any atom is -0.490 e. The fourth-order valence-corrected chi connectivity index (χ4v) is 3.89. The molecule has 0 bridgehead atoms. The molecular weight excluding hydrogens is 532 g/mol. The molecule has 0 saturated carbocycles. The molecule has 0 aliphatic rings. The van der Waals surface area contributed by atoms with Crippen LogP contribution in [-0.4, -0.2) is 6.61 Å². The maximum atomic E-state index is 9.66. The van der Waals surface area contributed by atoms with Crippen LogP contribution in [0.25, 0.3) is 11.6 Å². The van der Waals surface area contributed by atoms with E-state index in [2.05, 4.69) is 28.7 Å². The Kier molecular flexibility index (Phi) is 8.03. The smallest absolute Gasteiger partial charge is 0.175 e. The molecule has 0 aliphatic heterocycles. The highest BCUT2D eigenvalue weighted by atomic mass is 127. The molecule has 3 nitrogen and oxygen atoms in total. The zero-order valence-electron chi connectivity index (χ0n) is 16.2. The summed E-state index contributed by atoms with van der Waals surface area (Å²) in [4.78, 5) is 0. The van der Waals surface area contributed by atoms with Crippen LogP contribution in [0, 0.1) is 14.9 Å². The molecule has 0 radical (unpaired) electrons. The van der Waals surface area contributed by atoms with Gasteiger partial charge in [-0.2, -0.15) is 5.26 Å². The van der Waals surface area contributed by atoms with Crippen molar-refractivity contribution in [1.82, 2.24) is 0 Å². The van der Waals surface area contributed by atoms with Crippen molar-refractivity contribution in [2.75, 3.05) is 6.61 Å². The first-order valence-electron chi connectivity index (χ1n) is 9.22. The van der Waals surface area contributed by atoms with Crippen LogP contribution in [0.3, 0.4) is 0 Å². The van der Waals surface area contributed by atoms with Gasteiger partial charge in [-0.3, -0.25) is 0 Å². The molecular formula is C24H18Cl2INO2. The SMILES string of the molecule is CCOc1cc(/C=C(/C#N)c2ccc(Cl)c(Cl)c2)cc(I)c1OCc1ccccc1. The highest BCUT2D eigenvalue weighted by molar-refractivity contribution is 14.1. The van der Waals surface area contributed by atoms with Crippen LogP contribution in [0.5, 0.6) is 11.5 Å². The average Bonchev–Trinajstić information content (AvgIpc) is 2.74. The summed E-state index contributed by atoms with van der Waals surface area (Å²) < 4.78 is 12.8. The fourth-order valence-electron chi connectivity index (χ4n) is 2.81. The van der Waals surface area contributed by atoms with Gasteiger partial charge in [-0.1, -0.05) is 59.6 Å². The van der Waals surface area contributed by atoms with E-state index >= 15 is 0 Å². The lowest BCUT2D eigenvalue weighted by Crippen LogP contribution is -2.02. The Hall–Kier alpha value is -2.20. The Labute approximate surface area is 200 Å². The van der Waals surface area contributed by atoms with Gasteiger partial charge in [-0.25, -0.2) is 0 Å². The summed E-state index contributed by atoms with van der Waals surface area (Å²) in [5.74, 6) is 1.32. The molecule has 3 rings (SSSR count). The van der Waals surface area contributed by atoms with E-state index in [1.807, 2.05) is 49.4 Å². The molecule has 0 fully saturated rings.